The lowest BCUT2D eigenvalue weighted by atomic mass is 10.1. The van der Waals surface area contributed by atoms with Crippen molar-refractivity contribution in [2.45, 2.75) is 19.5 Å². The van der Waals surface area contributed by atoms with Crippen molar-refractivity contribution in [1.82, 2.24) is 15.1 Å². The van der Waals surface area contributed by atoms with E-state index in [2.05, 4.69) is 26.3 Å². The molecule has 0 aliphatic heterocycles. The van der Waals surface area contributed by atoms with E-state index >= 15 is 0 Å². The topological polar surface area (TPSA) is 64.0 Å². The van der Waals surface area contributed by atoms with E-state index < -0.39 is 0 Å². The van der Waals surface area contributed by atoms with Gasteiger partial charge in [-0.1, -0.05) is 57.9 Å². The van der Waals surface area contributed by atoms with Crippen molar-refractivity contribution in [2.24, 2.45) is 0 Å². The Labute approximate surface area is 170 Å². The van der Waals surface area contributed by atoms with Gasteiger partial charge in [-0.2, -0.15) is 5.10 Å². The van der Waals surface area contributed by atoms with Crippen LogP contribution in [0.5, 0.6) is 0 Å². The van der Waals surface area contributed by atoms with Crippen LogP contribution in [0, 0.1) is 0 Å². The van der Waals surface area contributed by atoms with Crippen molar-refractivity contribution in [3.05, 3.63) is 86.1 Å². The SMILES string of the molecule is O=C(CCn1nc(-c2ccc(Br)cc2)ccc1=O)NCc1ccccc1Cl. The number of hydrogen-bond acceptors (Lipinski definition) is 3. The number of benzene rings is 2. The van der Waals surface area contributed by atoms with Gasteiger partial charge in [0.05, 0.1) is 12.2 Å². The number of aryl methyl sites for hydroxylation is 1. The standard InChI is InChI=1S/C20H17BrClN3O2/c21-16-7-5-14(6-8-16)18-9-10-20(27)25(24-18)12-11-19(26)23-13-15-3-1-2-4-17(15)22/h1-10H,11-13H2,(H,23,26). The molecule has 0 unspecified atom stereocenters. The van der Waals surface area contributed by atoms with E-state index in [1.165, 1.54) is 10.7 Å². The largest absolute Gasteiger partial charge is 0.352 e. The maximum absolute atomic E-state index is 12.1. The third-order valence-electron chi connectivity index (χ3n) is 3.99. The molecule has 0 bridgehead atoms. The molecule has 1 heterocycles. The monoisotopic (exact) mass is 445 g/mol. The van der Waals surface area contributed by atoms with E-state index in [-0.39, 0.29) is 24.4 Å². The Morgan fingerprint density at radius 2 is 1.81 bits per heavy atom. The van der Waals surface area contributed by atoms with E-state index in [4.69, 9.17) is 11.6 Å². The molecule has 3 rings (SSSR count). The number of amides is 1. The minimum atomic E-state index is -0.241. The number of halogens is 2. The number of rotatable bonds is 6. The number of carbonyl (C=O) groups excluding carboxylic acids is 1. The minimum absolute atomic E-state index is 0.154. The summed E-state index contributed by atoms with van der Waals surface area (Å²) in [5.74, 6) is -0.169. The average Bonchev–Trinajstić information content (AvgIpc) is 2.67. The molecule has 1 aromatic heterocycles. The quantitative estimate of drug-likeness (QED) is 0.622. The fourth-order valence-corrected chi connectivity index (χ4v) is 2.98. The third-order valence-corrected chi connectivity index (χ3v) is 4.89. The Morgan fingerprint density at radius 3 is 2.56 bits per heavy atom. The van der Waals surface area contributed by atoms with Crippen LogP contribution in [-0.4, -0.2) is 15.7 Å². The van der Waals surface area contributed by atoms with Crippen molar-refractivity contribution in [2.75, 3.05) is 0 Å². The van der Waals surface area contributed by atoms with Gasteiger partial charge in [-0.05, 0) is 29.8 Å². The second-order valence-electron chi connectivity index (χ2n) is 5.90. The van der Waals surface area contributed by atoms with Crippen molar-refractivity contribution in [3.8, 4) is 11.3 Å². The number of hydrogen-bond donors (Lipinski definition) is 1. The van der Waals surface area contributed by atoms with E-state index in [1.54, 1.807) is 12.1 Å². The molecule has 1 N–H and O–H groups in total. The number of aromatic nitrogens is 2. The van der Waals surface area contributed by atoms with Crippen LogP contribution in [0.15, 0.2) is 69.9 Å². The van der Waals surface area contributed by atoms with E-state index in [0.29, 0.717) is 17.3 Å². The molecule has 0 spiro atoms. The molecule has 27 heavy (non-hydrogen) atoms. The predicted octanol–water partition coefficient (Wildman–Crippen LogP) is 4.03. The zero-order chi connectivity index (χ0) is 19.2. The van der Waals surface area contributed by atoms with Crippen LogP contribution in [0.3, 0.4) is 0 Å². The molecule has 3 aromatic rings. The van der Waals surface area contributed by atoms with Crippen molar-refractivity contribution < 1.29 is 4.79 Å². The molecule has 0 aliphatic carbocycles. The molecule has 2 aromatic carbocycles. The summed E-state index contributed by atoms with van der Waals surface area (Å²) in [4.78, 5) is 24.1. The van der Waals surface area contributed by atoms with Gasteiger partial charge in [-0.3, -0.25) is 9.59 Å². The minimum Gasteiger partial charge on any atom is -0.352 e. The Bertz CT molecular complexity index is 1000. The molecule has 0 fully saturated rings. The van der Waals surface area contributed by atoms with Crippen molar-refractivity contribution in [1.29, 1.82) is 0 Å². The smallest absolute Gasteiger partial charge is 0.266 e. The van der Waals surface area contributed by atoms with Gasteiger partial charge < -0.3 is 5.32 Å². The Kier molecular flexibility index (Phi) is 6.42. The van der Waals surface area contributed by atoms with Crippen molar-refractivity contribution >= 4 is 33.4 Å². The van der Waals surface area contributed by atoms with Gasteiger partial charge in [-0.15, -0.1) is 0 Å². The lowest BCUT2D eigenvalue weighted by Gasteiger charge is -2.09. The molecule has 0 saturated carbocycles. The molecule has 0 saturated heterocycles. The first-order valence-corrected chi connectivity index (χ1v) is 9.54. The maximum Gasteiger partial charge on any atom is 0.266 e. The summed E-state index contributed by atoms with van der Waals surface area (Å²) >= 11 is 9.47. The highest BCUT2D eigenvalue weighted by Crippen LogP contribution is 2.19. The summed E-state index contributed by atoms with van der Waals surface area (Å²) in [7, 11) is 0. The van der Waals surface area contributed by atoms with Gasteiger partial charge in [0.25, 0.3) is 5.56 Å². The third kappa shape index (κ3) is 5.28. The summed E-state index contributed by atoms with van der Waals surface area (Å²) in [6.45, 7) is 0.553. The second kappa shape index (κ2) is 8.97. The van der Waals surface area contributed by atoms with E-state index in [0.717, 1.165) is 15.6 Å². The maximum atomic E-state index is 12.1. The first-order valence-electron chi connectivity index (χ1n) is 8.37. The fourth-order valence-electron chi connectivity index (χ4n) is 2.52. The molecule has 0 aliphatic rings. The van der Waals surface area contributed by atoms with Gasteiger partial charge in [0.1, 0.15) is 0 Å². The van der Waals surface area contributed by atoms with Crippen LogP contribution in [0.25, 0.3) is 11.3 Å². The van der Waals surface area contributed by atoms with Gasteiger partial charge in [0.15, 0.2) is 0 Å². The molecule has 1 amide bonds. The summed E-state index contributed by atoms with van der Waals surface area (Å²) in [6, 6.07) is 18.1. The molecule has 7 heteroatoms. The number of carbonyl (C=O) groups is 1. The van der Waals surface area contributed by atoms with E-state index in [9.17, 15) is 9.59 Å². The van der Waals surface area contributed by atoms with Gasteiger partial charge in [-0.25, -0.2) is 4.68 Å². The van der Waals surface area contributed by atoms with Crippen molar-refractivity contribution in [3.63, 3.8) is 0 Å². The molecular weight excluding hydrogens is 430 g/mol. The van der Waals surface area contributed by atoms with Crippen LogP contribution in [0.2, 0.25) is 5.02 Å². The molecule has 0 atom stereocenters. The van der Waals surface area contributed by atoms with Crippen LogP contribution in [-0.2, 0) is 17.9 Å². The first-order chi connectivity index (χ1) is 13.0. The Morgan fingerprint density at radius 1 is 1.07 bits per heavy atom. The summed E-state index contributed by atoms with van der Waals surface area (Å²) in [6.07, 6.45) is 0.154. The van der Waals surface area contributed by atoms with Crippen LogP contribution >= 0.6 is 27.5 Å². The lowest BCUT2D eigenvalue weighted by molar-refractivity contribution is -0.121. The first kappa shape index (κ1) is 19.3. The van der Waals surface area contributed by atoms with Crippen LogP contribution in [0.4, 0.5) is 0 Å². The number of nitrogens with zero attached hydrogens (tertiary/aromatic N) is 2. The molecule has 0 radical (unpaired) electrons. The predicted molar refractivity (Wildman–Crippen MR) is 110 cm³/mol. The summed E-state index contributed by atoms with van der Waals surface area (Å²) in [5, 5.41) is 7.78. The van der Waals surface area contributed by atoms with E-state index in [1.807, 2.05) is 42.5 Å². The highest BCUT2D eigenvalue weighted by atomic mass is 79.9. The molecule has 5 nitrogen and oxygen atoms in total. The number of nitrogens with one attached hydrogen (secondary N) is 1. The second-order valence-corrected chi connectivity index (χ2v) is 7.23. The Hall–Kier alpha value is -2.44. The van der Waals surface area contributed by atoms with Crippen LogP contribution < -0.4 is 10.9 Å². The zero-order valence-corrected chi connectivity index (χ0v) is 16.7. The highest BCUT2D eigenvalue weighted by Gasteiger charge is 2.07. The Balaban J connectivity index is 1.62. The normalized spacial score (nSPS) is 10.6. The molecule has 138 valence electrons. The lowest BCUT2D eigenvalue weighted by Crippen LogP contribution is -2.28. The van der Waals surface area contributed by atoms with Gasteiger partial charge in [0, 0.05) is 34.1 Å². The van der Waals surface area contributed by atoms with Gasteiger partial charge in [0.2, 0.25) is 5.91 Å². The highest BCUT2D eigenvalue weighted by molar-refractivity contribution is 9.10. The zero-order valence-electron chi connectivity index (χ0n) is 14.4. The fraction of sp³-hybridized carbons (Fsp3) is 0.150. The van der Waals surface area contributed by atoms with Gasteiger partial charge >= 0.3 is 0 Å². The van der Waals surface area contributed by atoms with Crippen LogP contribution in [0.1, 0.15) is 12.0 Å². The average molecular weight is 447 g/mol. The summed E-state index contributed by atoms with van der Waals surface area (Å²) in [5.41, 5.74) is 2.18. The summed E-state index contributed by atoms with van der Waals surface area (Å²) < 4.78 is 2.28. The molecular formula is C20H17BrClN3O2.